The molecule has 7 nitrogen and oxygen atoms in total. The van der Waals surface area contributed by atoms with Gasteiger partial charge in [0, 0.05) is 44.2 Å². The summed E-state index contributed by atoms with van der Waals surface area (Å²) < 4.78 is 5.35. The molecule has 2 fully saturated rings. The number of hydrogen-bond acceptors (Lipinski definition) is 5. The maximum atomic E-state index is 12.8. The molecule has 0 saturated carbocycles. The average molecular weight is 433 g/mol. The molecule has 0 bridgehead atoms. The predicted molar refractivity (Wildman–Crippen MR) is 115 cm³/mol. The van der Waals surface area contributed by atoms with Crippen LogP contribution in [0.25, 0.3) is 0 Å². The molecule has 2 aliphatic rings. The third-order valence-electron chi connectivity index (χ3n) is 5.11. The fourth-order valence-corrected chi connectivity index (χ4v) is 3.49. The third kappa shape index (κ3) is 6.24. The van der Waals surface area contributed by atoms with Crippen LogP contribution in [0.15, 0.2) is 18.2 Å². The van der Waals surface area contributed by atoms with Gasteiger partial charge in [0.15, 0.2) is 0 Å². The van der Waals surface area contributed by atoms with Crippen LogP contribution in [0, 0.1) is 0 Å². The number of carbonyl (C=O) groups is 2. The number of benzene rings is 1. The fourth-order valence-electron chi connectivity index (χ4n) is 3.49. The van der Waals surface area contributed by atoms with Crippen molar-refractivity contribution in [1.29, 1.82) is 0 Å². The molecule has 158 valence electrons. The van der Waals surface area contributed by atoms with Crippen LogP contribution < -0.4 is 15.4 Å². The zero-order chi connectivity index (χ0) is 18.5. The van der Waals surface area contributed by atoms with Gasteiger partial charge in [0.1, 0.15) is 5.75 Å². The van der Waals surface area contributed by atoms with E-state index in [9.17, 15) is 9.59 Å². The fraction of sp³-hybridized carbons (Fsp3) is 0.579. The van der Waals surface area contributed by atoms with E-state index in [0.29, 0.717) is 23.4 Å². The molecule has 0 aliphatic carbocycles. The lowest BCUT2D eigenvalue weighted by Crippen LogP contribution is -2.47. The highest BCUT2D eigenvalue weighted by atomic mass is 35.5. The first-order valence-corrected chi connectivity index (χ1v) is 9.26. The predicted octanol–water partition coefficient (Wildman–Crippen LogP) is 2.01. The molecule has 28 heavy (non-hydrogen) atoms. The van der Waals surface area contributed by atoms with Gasteiger partial charge in [-0.2, -0.15) is 0 Å². The Hall–Kier alpha value is -1.54. The van der Waals surface area contributed by atoms with Gasteiger partial charge in [-0.25, -0.2) is 0 Å². The number of rotatable bonds is 5. The molecule has 3 rings (SSSR count). The van der Waals surface area contributed by atoms with Crippen molar-refractivity contribution in [1.82, 2.24) is 15.1 Å². The maximum absolute atomic E-state index is 12.8. The monoisotopic (exact) mass is 432 g/mol. The standard InChI is InChI=1S/C19H28N4O3.2ClH/c1-22-8-10-23(11-9-22)19(25)14-5-6-17(26-2)16(12-14)21-18(24)13-15-4-3-7-20-15;;/h5-6,12,15,20H,3-4,7-11,13H2,1-2H3,(H,21,24);2*1H. The van der Waals surface area contributed by atoms with E-state index in [2.05, 4.69) is 22.6 Å². The van der Waals surface area contributed by atoms with E-state index < -0.39 is 0 Å². The van der Waals surface area contributed by atoms with E-state index in [0.717, 1.165) is 45.6 Å². The van der Waals surface area contributed by atoms with Crippen LogP contribution in [0.4, 0.5) is 5.69 Å². The molecule has 2 saturated heterocycles. The number of ether oxygens (including phenoxy) is 1. The lowest BCUT2D eigenvalue weighted by Gasteiger charge is -2.32. The lowest BCUT2D eigenvalue weighted by molar-refractivity contribution is -0.116. The molecular formula is C19H30Cl2N4O3. The van der Waals surface area contributed by atoms with Crippen LogP contribution in [0.2, 0.25) is 0 Å². The van der Waals surface area contributed by atoms with Gasteiger partial charge in [0.2, 0.25) is 5.91 Å². The highest BCUT2D eigenvalue weighted by molar-refractivity contribution is 5.98. The summed E-state index contributed by atoms with van der Waals surface area (Å²) in [5, 5.41) is 6.23. The molecule has 1 atom stereocenters. The molecule has 9 heteroatoms. The Balaban J connectivity index is 0.00000196. The van der Waals surface area contributed by atoms with E-state index >= 15 is 0 Å². The van der Waals surface area contributed by atoms with Gasteiger partial charge in [-0.3, -0.25) is 9.59 Å². The quantitative estimate of drug-likeness (QED) is 0.744. The second kappa shape index (κ2) is 11.5. The van der Waals surface area contributed by atoms with Gasteiger partial charge >= 0.3 is 0 Å². The summed E-state index contributed by atoms with van der Waals surface area (Å²) >= 11 is 0. The van der Waals surface area contributed by atoms with Crippen LogP contribution in [0.3, 0.4) is 0 Å². The number of likely N-dealkylation sites (N-methyl/N-ethyl adjacent to an activating group) is 1. The Morgan fingerprint density at radius 2 is 1.93 bits per heavy atom. The van der Waals surface area contributed by atoms with E-state index in [1.807, 2.05) is 4.90 Å². The lowest BCUT2D eigenvalue weighted by atomic mass is 10.1. The van der Waals surface area contributed by atoms with E-state index in [4.69, 9.17) is 4.74 Å². The second-order valence-corrected chi connectivity index (χ2v) is 7.06. The molecule has 1 aromatic rings. The normalized spacial score (nSPS) is 19.4. The highest BCUT2D eigenvalue weighted by Crippen LogP contribution is 2.27. The van der Waals surface area contributed by atoms with E-state index in [1.54, 1.807) is 25.3 Å². The smallest absolute Gasteiger partial charge is 0.254 e. The van der Waals surface area contributed by atoms with Crippen molar-refractivity contribution in [3.8, 4) is 5.75 Å². The number of hydrogen-bond donors (Lipinski definition) is 2. The van der Waals surface area contributed by atoms with Crippen LogP contribution in [0.5, 0.6) is 5.75 Å². The SMILES string of the molecule is COc1ccc(C(=O)N2CCN(C)CC2)cc1NC(=O)CC1CCCN1.Cl.Cl. The van der Waals surface area contributed by atoms with Crippen molar-refractivity contribution in [2.45, 2.75) is 25.3 Å². The van der Waals surface area contributed by atoms with E-state index in [-0.39, 0.29) is 42.7 Å². The van der Waals surface area contributed by atoms with Crippen LogP contribution >= 0.6 is 24.8 Å². The van der Waals surface area contributed by atoms with Crippen molar-refractivity contribution in [3.05, 3.63) is 23.8 Å². The average Bonchev–Trinajstić information content (AvgIpc) is 3.14. The summed E-state index contributed by atoms with van der Waals surface area (Å²) in [6.07, 6.45) is 2.56. The molecular weight excluding hydrogens is 403 g/mol. The van der Waals surface area contributed by atoms with Gasteiger partial charge in [0.05, 0.1) is 12.8 Å². The minimum Gasteiger partial charge on any atom is -0.495 e. The molecule has 2 amide bonds. The topological polar surface area (TPSA) is 73.9 Å². The number of methoxy groups -OCH3 is 1. The van der Waals surface area contributed by atoms with Gasteiger partial charge < -0.3 is 25.2 Å². The summed E-state index contributed by atoms with van der Waals surface area (Å²) in [7, 11) is 3.62. The summed E-state index contributed by atoms with van der Waals surface area (Å²) in [6, 6.07) is 5.45. The number of anilines is 1. The number of piperazine rings is 1. The number of amides is 2. The second-order valence-electron chi connectivity index (χ2n) is 7.06. The molecule has 2 aliphatic heterocycles. The zero-order valence-corrected chi connectivity index (χ0v) is 18.0. The van der Waals surface area contributed by atoms with Crippen molar-refractivity contribution in [2.75, 3.05) is 52.2 Å². The third-order valence-corrected chi connectivity index (χ3v) is 5.11. The minimum atomic E-state index is -0.0631. The number of halogens is 2. The summed E-state index contributed by atoms with van der Waals surface area (Å²) in [5.74, 6) is 0.494. The van der Waals surface area contributed by atoms with Gasteiger partial charge in [-0.1, -0.05) is 0 Å². The molecule has 1 unspecified atom stereocenters. The summed E-state index contributed by atoms with van der Waals surface area (Å²) in [4.78, 5) is 29.2. The highest BCUT2D eigenvalue weighted by Gasteiger charge is 2.22. The van der Waals surface area contributed by atoms with Gasteiger partial charge in [-0.15, -0.1) is 24.8 Å². The Morgan fingerprint density at radius 3 is 2.54 bits per heavy atom. The first-order valence-electron chi connectivity index (χ1n) is 9.26. The molecule has 0 aromatic heterocycles. The molecule has 2 heterocycles. The van der Waals surface area contributed by atoms with Crippen molar-refractivity contribution >= 4 is 42.3 Å². The number of nitrogens with one attached hydrogen (secondary N) is 2. The van der Waals surface area contributed by atoms with Crippen molar-refractivity contribution < 1.29 is 14.3 Å². The van der Waals surface area contributed by atoms with Crippen molar-refractivity contribution in [3.63, 3.8) is 0 Å². The zero-order valence-electron chi connectivity index (χ0n) is 16.4. The van der Waals surface area contributed by atoms with Gasteiger partial charge in [0.25, 0.3) is 5.91 Å². The number of carbonyl (C=O) groups excluding carboxylic acids is 2. The van der Waals surface area contributed by atoms with Crippen LogP contribution in [0.1, 0.15) is 29.6 Å². The summed E-state index contributed by atoms with van der Waals surface area (Å²) in [6.45, 7) is 4.16. The van der Waals surface area contributed by atoms with Crippen LogP contribution in [-0.2, 0) is 4.79 Å². The van der Waals surface area contributed by atoms with Gasteiger partial charge in [-0.05, 0) is 44.6 Å². The number of nitrogens with zero attached hydrogens (tertiary/aromatic N) is 2. The largest absolute Gasteiger partial charge is 0.495 e. The first-order chi connectivity index (χ1) is 12.6. The Morgan fingerprint density at radius 1 is 1.21 bits per heavy atom. The summed E-state index contributed by atoms with van der Waals surface area (Å²) in [5.41, 5.74) is 1.13. The molecule has 0 spiro atoms. The Bertz CT molecular complexity index is 661. The first kappa shape index (κ1) is 24.5. The van der Waals surface area contributed by atoms with E-state index in [1.165, 1.54) is 0 Å². The van der Waals surface area contributed by atoms with Crippen LogP contribution in [-0.4, -0.2) is 74.5 Å². The van der Waals surface area contributed by atoms with Crippen molar-refractivity contribution in [2.24, 2.45) is 0 Å². The maximum Gasteiger partial charge on any atom is 0.254 e. The molecule has 0 radical (unpaired) electrons. The minimum absolute atomic E-state index is 0. The molecule has 2 N–H and O–H groups in total. The Kier molecular flexibility index (Phi) is 10.0. The molecule has 1 aromatic carbocycles. The Labute approximate surface area is 179 Å².